The van der Waals surface area contributed by atoms with E-state index in [-0.39, 0.29) is 18.3 Å². The van der Waals surface area contributed by atoms with E-state index >= 15 is 0 Å². The third kappa shape index (κ3) is 4.51. The van der Waals surface area contributed by atoms with E-state index in [9.17, 15) is 13.6 Å². The van der Waals surface area contributed by atoms with Gasteiger partial charge in [0.25, 0.3) is 0 Å². The number of nitrogens with one attached hydrogen (secondary N) is 1. The molecule has 0 aliphatic carbocycles. The van der Waals surface area contributed by atoms with Crippen LogP contribution in [0, 0.1) is 11.8 Å². The number of amides is 1. The molecular formula is C16H17F2N3O. The van der Waals surface area contributed by atoms with Crippen molar-refractivity contribution < 1.29 is 13.6 Å². The van der Waals surface area contributed by atoms with Crippen LogP contribution in [0.15, 0.2) is 42.5 Å². The minimum Gasteiger partial charge on any atom is -0.350 e. The normalized spacial score (nSPS) is 10.3. The summed E-state index contributed by atoms with van der Waals surface area (Å²) in [7, 11) is 0. The number of aromatic nitrogens is 1. The Balaban J connectivity index is 1.90. The van der Waals surface area contributed by atoms with E-state index in [1.807, 2.05) is 6.92 Å². The molecule has 0 radical (unpaired) electrons. The molecule has 2 aromatic rings. The van der Waals surface area contributed by atoms with E-state index in [1.54, 1.807) is 29.2 Å². The summed E-state index contributed by atoms with van der Waals surface area (Å²) >= 11 is 0. The van der Waals surface area contributed by atoms with E-state index in [4.69, 9.17) is 0 Å². The highest BCUT2D eigenvalue weighted by Crippen LogP contribution is 2.10. The number of nitrogens with zero attached hydrogens (tertiary/aromatic N) is 2. The van der Waals surface area contributed by atoms with Crippen LogP contribution in [0.5, 0.6) is 0 Å². The van der Waals surface area contributed by atoms with Gasteiger partial charge in [-0.15, -0.1) is 0 Å². The first-order chi connectivity index (χ1) is 10.6. The molecule has 0 fully saturated rings. The summed E-state index contributed by atoms with van der Waals surface area (Å²) in [5.74, 6) is -0.691. The zero-order valence-electron chi connectivity index (χ0n) is 12.2. The Kier molecular flexibility index (Phi) is 5.41. The van der Waals surface area contributed by atoms with Crippen LogP contribution in [0.2, 0.25) is 0 Å². The number of likely N-dealkylation sites (N-methyl/N-ethyl adjacent to an activating group) is 1. The molecule has 116 valence electrons. The van der Waals surface area contributed by atoms with Crippen molar-refractivity contribution in [3.8, 4) is 0 Å². The van der Waals surface area contributed by atoms with Gasteiger partial charge < -0.3 is 10.2 Å². The molecular weight excluding hydrogens is 288 g/mol. The van der Waals surface area contributed by atoms with Gasteiger partial charge in [-0.1, -0.05) is 18.2 Å². The molecule has 1 amide bonds. The van der Waals surface area contributed by atoms with Gasteiger partial charge in [0, 0.05) is 13.1 Å². The van der Waals surface area contributed by atoms with Crippen LogP contribution >= 0.6 is 0 Å². The van der Waals surface area contributed by atoms with Gasteiger partial charge in [0.1, 0.15) is 11.6 Å². The third-order valence-electron chi connectivity index (χ3n) is 3.14. The summed E-state index contributed by atoms with van der Waals surface area (Å²) in [5.41, 5.74) is 0.807. The number of hydrogen-bond donors (Lipinski definition) is 1. The Morgan fingerprint density at radius 3 is 2.55 bits per heavy atom. The van der Waals surface area contributed by atoms with Crippen molar-refractivity contribution in [2.45, 2.75) is 13.5 Å². The molecule has 0 bridgehead atoms. The number of hydrogen-bond acceptors (Lipinski definition) is 3. The van der Waals surface area contributed by atoms with Crippen LogP contribution in [-0.2, 0) is 11.3 Å². The minimum atomic E-state index is -0.581. The summed E-state index contributed by atoms with van der Waals surface area (Å²) in [4.78, 5) is 17.4. The average Bonchev–Trinajstić information content (AvgIpc) is 2.52. The molecule has 0 saturated heterocycles. The maximum Gasteiger partial charge on any atom is 0.239 e. The highest BCUT2D eigenvalue weighted by atomic mass is 19.1. The van der Waals surface area contributed by atoms with Crippen molar-refractivity contribution in [2.24, 2.45) is 0 Å². The summed E-state index contributed by atoms with van der Waals surface area (Å²) < 4.78 is 25.9. The Morgan fingerprint density at radius 2 is 1.91 bits per heavy atom. The first-order valence-corrected chi connectivity index (χ1v) is 6.97. The molecule has 2 rings (SSSR count). The smallest absolute Gasteiger partial charge is 0.239 e. The molecule has 1 N–H and O–H groups in total. The number of halogens is 2. The number of benzene rings is 1. The van der Waals surface area contributed by atoms with E-state index in [0.29, 0.717) is 18.9 Å². The fourth-order valence-electron chi connectivity index (χ4n) is 1.96. The van der Waals surface area contributed by atoms with E-state index in [2.05, 4.69) is 10.3 Å². The lowest BCUT2D eigenvalue weighted by atomic mass is 10.2. The standard InChI is InChI=1S/C16H17F2N3O/c1-2-21(15-5-3-4-14(18)20-15)11-16(22)19-10-12-6-8-13(17)9-7-12/h3-9H,2,10-11H2,1H3,(H,19,22). The van der Waals surface area contributed by atoms with Crippen LogP contribution in [0.3, 0.4) is 0 Å². The molecule has 1 aromatic carbocycles. The van der Waals surface area contributed by atoms with Crippen LogP contribution in [0.4, 0.5) is 14.6 Å². The van der Waals surface area contributed by atoms with Gasteiger partial charge in [-0.25, -0.2) is 9.37 Å². The molecule has 1 heterocycles. The predicted octanol–water partition coefficient (Wildman–Crippen LogP) is 2.50. The largest absolute Gasteiger partial charge is 0.350 e. The number of carbonyl (C=O) groups is 1. The average molecular weight is 305 g/mol. The highest BCUT2D eigenvalue weighted by molar-refractivity contribution is 5.80. The zero-order chi connectivity index (χ0) is 15.9. The molecule has 0 atom stereocenters. The quantitative estimate of drug-likeness (QED) is 0.834. The maximum atomic E-state index is 13.1. The minimum absolute atomic E-state index is 0.0775. The van der Waals surface area contributed by atoms with E-state index in [0.717, 1.165) is 5.56 Å². The summed E-state index contributed by atoms with van der Waals surface area (Å²) in [5, 5.41) is 2.74. The Bertz CT molecular complexity index is 632. The Morgan fingerprint density at radius 1 is 1.18 bits per heavy atom. The molecule has 6 heteroatoms. The molecule has 0 unspecified atom stereocenters. The van der Waals surface area contributed by atoms with Gasteiger partial charge in [-0.2, -0.15) is 4.39 Å². The van der Waals surface area contributed by atoms with Gasteiger partial charge in [0.05, 0.1) is 6.54 Å². The Hall–Kier alpha value is -2.50. The Labute approximate surface area is 127 Å². The SMILES string of the molecule is CCN(CC(=O)NCc1ccc(F)cc1)c1cccc(F)n1. The zero-order valence-corrected chi connectivity index (χ0v) is 12.2. The second-order valence-corrected chi connectivity index (χ2v) is 4.74. The maximum absolute atomic E-state index is 13.1. The highest BCUT2D eigenvalue weighted by Gasteiger charge is 2.11. The predicted molar refractivity (Wildman–Crippen MR) is 80.3 cm³/mol. The number of pyridine rings is 1. The lowest BCUT2D eigenvalue weighted by Crippen LogP contribution is -2.37. The number of rotatable bonds is 6. The molecule has 4 nitrogen and oxygen atoms in total. The van der Waals surface area contributed by atoms with Gasteiger partial charge in [-0.05, 0) is 36.8 Å². The second-order valence-electron chi connectivity index (χ2n) is 4.74. The molecule has 1 aromatic heterocycles. The van der Waals surface area contributed by atoms with Crippen LogP contribution in [0.25, 0.3) is 0 Å². The van der Waals surface area contributed by atoms with Crippen molar-refractivity contribution in [2.75, 3.05) is 18.0 Å². The van der Waals surface area contributed by atoms with Crippen molar-refractivity contribution >= 4 is 11.7 Å². The molecule has 0 saturated carbocycles. The molecule has 0 aliphatic rings. The van der Waals surface area contributed by atoms with E-state index in [1.165, 1.54) is 18.2 Å². The topological polar surface area (TPSA) is 45.2 Å². The lowest BCUT2D eigenvalue weighted by molar-refractivity contribution is -0.119. The third-order valence-corrected chi connectivity index (χ3v) is 3.14. The van der Waals surface area contributed by atoms with Crippen molar-refractivity contribution in [1.82, 2.24) is 10.3 Å². The number of carbonyl (C=O) groups excluding carboxylic acids is 1. The van der Waals surface area contributed by atoms with Gasteiger partial charge in [0.2, 0.25) is 11.9 Å². The van der Waals surface area contributed by atoms with Crippen molar-refractivity contribution in [3.05, 3.63) is 59.8 Å². The van der Waals surface area contributed by atoms with Gasteiger partial charge in [0.15, 0.2) is 0 Å². The van der Waals surface area contributed by atoms with Crippen LogP contribution in [-0.4, -0.2) is 24.0 Å². The van der Waals surface area contributed by atoms with Crippen molar-refractivity contribution in [3.63, 3.8) is 0 Å². The molecule has 22 heavy (non-hydrogen) atoms. The monoisotopic (exact) mass is 305 g/mol. The number of anilines is 1. The molecule has 0 spiro atoms. The summed E-state index contributed by atoms with van der Waals surface area (Å²) in [6.45, 7) is 2.78. The molecule has 0 aliphatic heterocycles. The van der Waals surface area contributed by atoms with Gasteiger partial charge in [-0.3, -0.25) is 4.79 Å². The summed E-state index contributed by atoms with van der Waals surface area (Å²) in [6.07, 6.45) is 0. The van der Waals surface area contributed by atoms with E-state index < -0.39 is 5.95 Å². The first kappa shape index (κ1) is 15.9. The van der Waals surface area contributed by atoms with Crippen LogP contribution in [0.1, 0.15) is 12.5 Å². The summed E-state index contributed by atoms with van der Waals surface area (Å²) in [6, 6.07) is 10.4. The van der Waals surface area contributed by atoms with Crippen LogP contribution < -0.4 is 10.2 Å². The fourth-order valence-corrected chi connectivity index (χ4v) is 1.96. The lowest BCUT2D eigenvalue weighted by Gasteiger charge is -2.21. The second kappa shape index (κ2) is 7.49. The fraction of sp³-hybridized carbons (Fsp3) is 0.250. The van der Waals surface area contributed by atoms with Gasteiger partial charge >= 0.3 is 0 Å². The first-order valence-electron chi connectivity index (χ1n) is 6.97. The van der Waals surface area contributed by atoms with Crippen molar-refractivity contribution in [1.29, 1.82) is 0 Å².